The molecular weight excluding hydrogens is 294 g/mol. The van der Waals surface area contributed by atoms with Crippen LogP contribution in [0.25, 0.3) is 0 Å². The first-order valence-corrected chi connectivity index (χ1v) is 6.28. The van der Waals surface area contributed by atoms with Gasteiger partial charge < -0.3 is 0 Å². The van der Waals surface area contributed by atoms with Crippen molar-refractivity contribution in [1.29, 1.82) is 0 Å². The lowest BCUT2D eigenvalue weighted by Gasteiger charge is -2.01. The van der Waals surface area contributed by atoms with Crippen LogP contribution in [-0.2, 0) is 0 Å². The first-order chi connectivity index (χ1) is 10.1. The van der Waals surface area contributed by atoms with Crippen molar-refractivity contribution in [2.45, 2.75) is 0 Å². The Balaban J connectivity index is 2.09. The fourth-order valence-corrected chi connectivity index (χ4v) is 1.75. The Morgan fingerprint density at radius 3 is 2.62 bits per heavy atom. The summed E-state index contributed by atoms with van der Waals surface area (Å²) in [6.07, 6.45) is 1.47. The lowest BCUT2D eigenvalue weighted by Crippen LogP contribution is -2.17. The smallest absolute Gasteiger partial charge is 0.267 e. The number of nitro groups is 1. The SMILES string of the molecule is O=C(N/N=C\c1ccccc1)c1ccc(Cl)c([N+](=O)[O-])c1. The molecule has 0 aromatic heterocycles. The van der Waals surface area contributed by atoms with Crippen molar-refractivity contribution in [3.8, 4) is 0 Å². The van der Waals surface area contributed by atoms with Gasteiger partial charge in [-0.1, -0.05) is 41.9 Å². The largest absolute Gasteiger partial charge is 0.288 e. The van der Waals surface area contributed by atoms with Crippen LogP contribution >= 0.6 is 11.6 Å². The number of amides is 1. The molecule has 6 nitrogen and oxygen atoms in total. The number of nitrogens with zero attached hydrogens (tertiary/aromatic N) is 2. The Hall–Kier alpha value is -2.73. The summed E-state index contributed by atoms with van der Waals surface area (Å²) in [6, 6.07) is 13.0. The maximum absolute atomic E-state index is 11.8. The van der Waals surface area contributed by atoms with Crippen molar-refractivity contribution in [3.05, 3.63) is 74.8 Å². The Kier molecular flexibility index (Phi) is 4.63. The summed E-state index contributed by atoms with van der Waals surface area (Å²) >= 11 is 5.68. The van der Waals surface area contributed by atoms with Gasteiger partial charge in [-0.3, -0.25) is 14.9 Å². The van der Waals surface area contributed by atoms with Gasteiger partial charge in [-0.05, 0) is 17.7 Å². The molecule has 7 heteroatoms. The molecule has 0 bridgehead atoms. The fourth-order valence-electron chi connectivity index (χ4n) is 1.56. The highest BCUT2D eigenvalue weighted by atomic mass is 35.5. The highest BCUT2D eigenvalue weighted by molar-refractivity contribution is 6.32. The fraction of sp³-hybridized carbons (Fsp3) is 0. The molecule has 0 unspecified atom stereocenters. The number of carbonyl (C=O) groups is 1. The predicted octanol–water partition coefficient (Wildman–Crippen LogP) is 3.01. The lowest BCUT2D eigenvalue weighted by molar-refractivity contribution is -0.384. The average molecular weight is 304 g/mol. The zero-order valence-corrected chi connectivity index (χ0v) is 11.4. The molecule has 0 heterocycles. The minimum atomic E-state index is -0.646. The van der Waals surface area contributed by atoms with Crippen LogP contribution in [0.5, 0.6) is 0 Å². The zero-order valence-electron chi connectivity index (χ0n) is 10.7. The van der Waals surface area contributed by atoms with E-state index in [1.165, 1.54) is 18.3 Å². The molecule has 0 atom stereocenters. The van der Waals surface area contributed by atoms with Gasteiger partial charge in [0.15, 0.2) is 0 Å². The normalized spacial score (nSPS) is 10.5. The number of hydrogen-bond acceptors (Lipinski definition) is 4. The van der Waals surface area contributed by atoms with Crippen LogP contribution in [0, 0.1) is 10.1 Å². The molecule has 0 aliphatic heterocycles. The van der Waals surface area contributed by atoms with E-state index in [0.29, 0.717) is 0 Å². The molecule has 0 saturated heterocycles. The van der Waals surface area contributed by atoms with Crippen LogP contribution in [0.4, 0.5) is 5.69 Å². The summed E-state index contributed by atoms with van der Waals surface area (Å²) in [5.74, 6) is -0.554. The van der Waals surface area contributed by atoms with E-state index in [0.717, 1.165) is 11.6 Å². The molecule has 0 saturated carbocycles. The topological polar surface area (TPSA) is 84.6 Å². The number of nitro benzene ring substituents is 1. The maximum atomic E-state index is 11.8. The van der Waals surface area contributed by atoms with Crippen molar-refractivity contribution < 1.29 is 9.72 Å². The van der Waals surface area contributed by atoms with Crippen molar-refractivity contribution in [2.75, 3.05) is 0 Å². The molecule has 106 valence electrons. The summed E-state index contributed by atoms with van der Waals surface area (Å²) in [7, 11) is 0. The van der Waals surface area contributed by atoms with Gasteiger partial charge in [0.25, 0.3) is 11.6 Å². The van der Waals surface area contributed by atoms with Gasteiger partial charge in [-0.25, -0.2) is 5.43 Å². The molecule has 2 aromatic rings. The summed E-state index contributed by atoms with van der Waals surface area (Å²) in [4.78, 5) is 21.9. The van der Waals surface area contributed by atoms with E-state index in [-0.39, 0.29) is 16.3 Å². The molecule has 1 amide bonds. The number of rotatable bonds is 4. The molecule has 0 radical (unpaired) electrons. The number of benzene rings is 2. The molecule has 2 aromatic carbocycles. The van der Waals surface area contributed by atoms with Crippen LogP contribution < -0.4 is 5.43 Å². The Morgan fingerprint density at radius 2 is 1.95 bits per heavy atom. The first-order valence-electron chi connectivity index (χ1n) is 5.90. The van der Waals surface area contributed by atoms with Gasteiger partial charge >= 0.3 is 0 Å². The van der Waals surface area contributed by atoms with Crippen molar-refractivity contribution in [1.82, 2.24) is 5.43 Å². The van der Waals surface area contributed by atoms with E-state index in [2.05, 4.69) is 10.5 Å². The zero-order chi connectivity index (χ0) is 15.2. The summed E-state index contributed by atoms with van der Waals surface area (Å²) in [5.41, 5.74) is 2.90. The van der Waals surface area contributed by atoms with Crippen LogP contribution in [0.2, 0.25) is 5.02 Å². The Labute approximate surface area is 125 Å². The van der Waals surface area contributed by atoms with Gasteiger partial charge in [-0.2, -0.15) is 5.10 Å². The highest BCUT2D eigenvalue weighted by Gasteiger charge is 2.15. The number of hydrazone groups is 1. The van der Waals surface area contributed by atoms with Crippen LogP contribution in [0.3, 0.4) is 0 Å². The molecule has 0 fully saturated rings. The predicted molar refractivity (Wildman–Crippen MR) is 79.6 cm³/mol. The standard InChI is InChI=1S/C14H10ClN3O3/c15-12-7-6-11(8-13(12)18(20)21)14(19)17-16-9-10-4-2-1-3-5-10/h1-9H,(H,17,19)/b16-9-. The second-order valence-corrected chi connectivity index (χ2v) is 4.44. The molecule has 1 N–H and O–H groups in total. The van der Waals surface area contributed by atoms with E-state index in [9.17, 15) is 14.9 Å². The van der Waals surface area contributed by atoms with E-state index in [1.807, 2.05) is 30.3 Å². The monoisotopic (exact) mass is 303 g/mol. The highest BCUT2D eigenvalue weighted by Crippen LogP contribution is 2.24. The second-order valence-electron chi connectivity index (χ2n) is 4.03. The third-order valence-electron chi connectivity index (χ3n) is 2.58. The molecule has 0 aliphatic carbocycles. The van der Waals surface area contributed by atoms with E-state index in [4.69, 9.17) is 11.6 Å². The van der Waals surface area contributed by atoms with Gasteiger partial charge in [0.05, 0.1) is 11.1 Å². The molecule has 21 heavy (non-hydrogen) atoms. The Bertz CT molecular complexity index is 702. The van der Waals surface area contributed by atoms with E-state index in [1.54, 1.807) is 0 Å². The third-order valence-corrected chi connectivity index (χ3v) is 2.90. The quantitative estimate of drug-likeness (QED) is 0.535. The molecule has 0 aliphatic rings. The molecular formula is C14H10ClN3O3. The van der Waals surface area contributed by atoms with Gasteiger partial charge in [0.2, 0.25) is 0 Å². The van der Waals surface area contributed by atoms with Crippen molar-refractivity contribution in [2.24, 2.45) is 5.10 Å². The van der Waals surface area contributed by atoms with Gasteiger partial charge in [0.1, 0.15) is 5.02 Å². The minimum absolute atomic E-state index is 0.0238. The first kappa shape index (κ1) is 14.7. The summed E-state index contributed by atoms with van der Waals surface area (Å²) in [6.45, 7) is 0. The van der Waals surface area contributed by atoms with Crippen LogP contribution in [0.15, 0.2) is 53.6 Å². The van der Waals surface area contributed by atoms with E-state index >= 15 is 0 Å². The lowest BCUT2D eigenvalue weighted by atomic mass is 10.2. The van der Waals surface area contributed by atoms with Gasteiger partial charge in [-0.15, -0.1) is 0 Å². The number of nitrogens with one attached hydrogen (secondary N) is 1. The number of carbonyl (C=O) groups excluding carboxylic acids is 1. The van der Waals surface area contributed by atoms with Crippen molar-refractivity contribution in [3.63, 3.8) is 0 Å². The molecule has 2 rings (SSSR count). The summed E-state index contributed by atoms with van der Waals surface area (Å²) < 4.78 is 0. The van der Waals surface area contributed by atoms with E-state index < -0.39 is 10.8 Å². The summed E-state index contributed by atoms with van der Waals surface area (Å²) in [5, 5.41) is 14.5. The van der Waals surface area contributed by atoms with Gasteiger partial charge in [0, 0.05) is 11.6 Å². The van der Waals surface area contributed by atoms with Crippen molar-refractivity contribution >= 4 is 29.4 Å². The molecule has 0 spiro atoms. The third kappa shape index (κ3) is 3.87. The second kappa shape index (κ2) is 6.62. The van der Waals surface area contributed by atoms with Crippen LogP contribution in [-0.4, -0.2) is 17.0 Å². The number of hydrogen-bond donors (Lipinski definition) is 1. The van der Waals surface area contributed by atoms with Crippen LogP contribution in [0.1, 0.15) is 15.9 Å². The minimum Gasteiger partial charge on any atom is -0.267 e. The Morgan fingerprint density at radius 1 is 1.24 bits per heavy atom. The average Bonchev–Trinajstić information content (AvgIpc) is 2.48. The maximum Gasteiger partial charge on any atom is 0.288 e. The number of halogens is 1.